The van der Waals surface area contributed by atoms with Gasteiger partial charge in [0.25, 0.3) is 0 Å². The van der Waals surface area contributed by atoms with E-state index in [0.29, 0.717) is 0 Å². The average molecular weight is 672 g/mol. The first-order chi connectivity index (χ1) is 24.3. The van der Waals surface area contributed by atoms with Crippen LogP contribution in [0.5, 0.6) is 0 Å². The van der Waals surface area contributed by atoms with Gasteiger partial charge >= 0.3 is 0 Å². The van der Waals surface area contributed by atoms with Crippen LogP contribution >= 0.6 is 0 Å². The molecule has 9 aliphatic carbocycles. The van der Waals surface area contributed by atoms with E-state index in [0.717, 1.165) is 89.1 Å². The molecule has 9 fully saturated rings. The topological polar surface area (TPSA) is 3.24 Å². The third-order valence-electron chi connectivity index (χ3n) is 18.9. The Labute approximate surface area is 305 Å². The Morgan fingerprint density at radius 2 is 0.592 bits per heavy atom. The van der Waals surface area contributed by atoms with Gasteiger partial charge in [0.1, 0.15) is 0 Å². The van der Waals surface area contributed by atoms with Crippen molar-refractivity contribution in [1.29, 1.82) is 0 Å². The third-order valence-corrected chi connectivity index (χ3v) is 18.9. The van der Waals surface area contributed by atoms with Crippen molar-refractivity contribution in [3.63, 3.8) is 0 Å². The smallest absolute Gasteiger partial charge is 0.0104 e. The predicted molar refractivity (Wildman–Crippen MR) is 207 cm³/mol. The van der Waals surface area contributed by atoms with Gasteiger partial charge in [0.2, 0.25) is 0 Å². The molecule has 9 aliphatic rings. The SMILES string of the molecule is C1CCC(C2CCC(C3C4CCCCC4C(C4CCCC(N(C5CCCCC5)C5CCCCC5)C4)C4CCCCC43)C3CCCCC23)CC1. The van der Waals surface area contributed by atoms with Crippen molar-refractivity contribution < 1.29 is 0 Å². The van der Waals surface area contributed by atoms with E-state index in [2.05, 4.69) is 4.90 Å². The molecule has 0 aromatic rings. The van der Waals surface area contributed by atoms with Gasteiger partial charge in [-0.05, 0) is 161 Å². The highest BCUT2D eigenvalue weighted by Crippen LogP contribution is 2.65. The minimum Gasteiger partial charge on any atom is -0.294 e. The number of hydrogen-bond acceptors (Lipinski definition) is 1. The van der Waals surface area contributed by atoms with Gasteiger partial charge in [-0.2, -0.15) is 0 Å². The monoisotopic (exact) mass is 672 g/mol. The molecule has 10 atom stereocenters. The lowest BCUT2D eigenvalue weighted by Crippen LogP contribution is -2.57. The highest BCUT2D eigenvalue weighted by atomic mass is 15.2. The second-order valence-electron chi connectivity index (χ2n) is 20.9. The molecule has 0 bridgehead atoms. The quantitative estimate of drug-likeness (QED) is 0.272. The van der Waals surface area contributed by atoms with E-state index in [1.54, 1.807) is 141 Å². The molecule has 0 aromatic carbocycles. The summed E-state index contributed by atoms with van der Waals surface area (Å²) in [4.78, 5) is 3.32. The Kier molecular flexibility index (Phi) is 11.4. The van der Waals surface area contributed by atoms with Crippen LogP contribution in [0, 0.1) is 71.0 Å². The molecule has 9 rings (SSSR count). The van der Waals surface area contributed by atoms with E-state index in [1.807, 2.05) is 0 Å². The number of fused-ring (bicyclic) bond motifs is 3. The summed E-state index contributed by atoms with van der Waals surface area (Å²) in [5.41, 5.74) is 0. The molecule has 0 radical (unpaired) electrons. The predicted octanol–water partition coefficient (Wildman–Crippen LogP) is 13.8. The molecule has 1 heteroatoms. The second-order valence-corrected chi connectivity index (χ2v) is 20.9. The Hall–Kier alpha value is -0.0400. The van der Waals surface area contributed by atoms with Crippen molar-refractivity contribution in [3.8, 4) is 0 Å². The number of hydrogen-bond donors (Lipinski definition) is 0. The number of nitrogens with zero attached hydrogens (tertiary/aromatic N) is 1. The van der Waals surface area contributed by atoms with E-state index >= 15 is 0 Å². The molecule has 0 spiro atoms. The highest BCUT2D eigenvalue weighted by molar-refractivity contribution is 5.07. The fourth-order valence-corrected chi connectivity index (χ4v) is 17.4. The first kappa shape index (κ1) is 34.7. The molecular weight excluding hydrogens is 591 g/mol. The molecule has 9 saturated carbocycles. The first-order valence-electron chi connectivity index (χ1n) is 24.1. The van der Waals surface area contributed by atoms with Crippen LogP contribution in [0.2, 0.25) is 0 Å². The van der Waals surface area contributed by atoms with E-state index in [-0.39, 0.29) is 0 Å². The molecule has 0 aliphatic heterocycles. The molecule has 0 heterocycles. The Balaban J connectivity index is 0.982. The molecule has 10 unspecified atom stereocenters. The molecular formula is C48H81N. The van der Waals surface area contributed by atoms with Gasteiger partial charge in [-0.15, -0.1) is 0 Å². The fraction of sp³-hybridized carbons (Fsp3) is 1.00. The van der Waals surface area contributed by atoms with Crippen LogP contribution in [0.25, 0.3) is 0 Å². The summed E-state index contributed by atoms with van der Waals surface area (Å²) in [7, 11) is 0. The summed E-state index contributed by atoms with van der Waals surface area (Å²) in [5, 5.41) is 0. The van der Waals surface area contributed by atoms with Gasteiger partial charge in [-0.25, -0.2) is 0 Å². The zero-order chi connectivity index (χ0) is 32.6. The van der Waals surface area contributed by atoms with Gasteiger partial charge < -0.3 is 0 Å². The molecule has 0 saturated heterocycles. The van der Waals surface area contributed by atoms with Crippen molar-refractivity contribution in [2.45, 2.75) is 230 Å². The summed E-state index contributed by atoms with van der Waals surface area (Å²) in [6, 6.07) is 2.81. The summed E-state index contributed by atoms with van der Waals surface area (Å²) in [5.74, 6) is 13.4. The van der Waals surface area contributed by atoms with Crippen LogP contribution in [0.1, 0.15) is 212 Å². The van der Waals surface area contributed by atoms with Gasteiger partial charge in [0.05, 0.1) is 0 Å². The van der Waals surface area contributed by atoms with Crippen molar-refractivity contribution in [2.75, 3.05) is 0 Å². The summed E-state index contributed by atoms with van der Waals surface area (Å²) < 4.78 is 0. The first-order valence-corrected chi connectivity index (χ1v) is 24.1. The Morgan fingerprint density at radius 3 is 1.14 bits per heavy atom. The largest absolute Gasteiger partial charge is 0.294 e. The van der Waals surface area contributed by atoms with Crippen LogP contribution in [0.15, 0.2) is 0 Å². The molecule has 49 heavy (non-hydrogen) atoms. The van der Waals surface area contributed by atoms with Crippen LogP contribution < -0.4 is 0 Å². The van der Waals surface area contributed by atoms with E-state index in [9.17, 15) is 0 Å². The van der Waals surface area contributed by atoms with Crippen LogP contribution in [-0.4, -0.2) is 23.0 Å². The average Bonchev–Trinajstić information content (AvgIpc) is 3.18. The number of rotatable bonds is 6. The highest BCUT2D eigenvalue weighted by Gasteiger charge is 2.58. The normalized spacial score (nSPS) is 46.5. The van der Waals surface area contributed by atoms with E-state index in [4.69, 9.17) is 0 Å². The maximum atomic E-state index is 3.32. The molecule has 0 amide bonds. The van der Waals surface area contributed by atoms with Gasteiger partial charge in [0, 0.05) is 18.1 Å². The Bertz CT molecular complexity index is 974. The maximum absolute atomic E-state index is 3.32. The zero-order valence-electron chi connectivity index (χ0n) is 32.4. The summed E-state index contributed by atoms with van der Waals surface area (Å²) in [6.45, 7) is 0. The van der Waals surface area contributed by atoms with Gasteiger partial charge in [-0.3, -0.25) is 4.90 Å². The summed E-state index contributed by atoms with van der Waals surface area (Å²) >= 11 is 0. The van der Waals surface area contributed by atoms with E-state index < -0.39 is 0 Å². The van der Waals surface area contributed by atoms with Crippen molar-refractivity contribution in [1.82, 2.24) is 4.90 Å². The molecule has 1 nitrogen and oxygen atoms in total. The van der Waals surface area contributed by atoms with Crippen molar-refractivity contribution >= 4 is 0 Å². The Morgan fingerprint density at radius 1 is 0.224 bits per heavy atom. The lowest BCUT2D eigenvalue weighted by Gasteiger charge is -2.63. The van der Waals surface area contributed by atoms with Crippen molar-refractivity contribution in [3.05, 3.63) is 0 Å². The van der Waals surface area contributed by atoms with E-state index in [1.165, 1.54) is 70.6 Å². The lowest BCUT2D eigenvalue weighted by molar-refractivity contribution is -0.139. The summed E-state index contributed by atoms with van der Waals surface area (Å²) in [6.07, 6.45) is 52.0. The van der Waals surface area contributed by atoms with Gasteiger partial charge in [0.15, 0.2) is 0 Å². The van der Waals surface area contributed by atoms with Crippen LogP contribution in [-0.2, 0) is 0 Å². The maximum Gasteiger partial charge on any atom is 0.0104 e. The van der Waals surface area contributed by atoms with Crippen molar-refractivity contribution in [2.24, 2.45) is 71.0 Å². The van der Waals surface area contributed by atoms with Crippen LogP contribution in [0.3, 0.4) is 0 Å². The third kappa shape index (κ3) is 7.04. The standard InChI is InChI=1S/C48H81N/c1-4-17-34(18-5-1)39-31-32-46(41-26-11-10-25-40(39)41)48-44-29-14-12-27-42(44)47(43-28-13-15-30-45(43)48)35-19-16-24-38(33-35)49(36-20-6-2-7-21-36)37-22-8-3-9-23-37/h34-48H,1-33H2. The van der Waals surface area contributed by atoms with Crippen LogP contribution in [0.4, 0.5) is 0 Å². The molecule has 0 N–H and O–H groups in total. The molecule has 0 aromatic heterocycles. The minimum atomic E-state index is 0.935. The van der Waals surface area contributed by atoms with Gasteiger partial charge in [-0.1, -0.05) is 122 Å². The second kappa shape index (κ2) is 16.1. The fourth-order valence-electron chi connectivity index (χ4n) is 17.4. The molecule has 278 valence electrons. The minimum absolute atomic E-state index is 0.935. The lowest BCUT2D eigenvalue weighted by atomic mass is 9.43. The zero-order valence-corrected chi connectivity index (χ0v) is 32.4.